The molecular weight excluding hydrogens is 292 g/mol. The van der Waals surface area contributed by atoms with Crippen LogP contribution in [0.4, 0.5) is 0 Å². The molecule has 2 rings (SSSR count). The second-order valence-corrected chi connectivity index (χ2v) is 6.35. The zero-order chi connectivity index (χ0) is 16.8. The minimum absolute atomic E-state index is 0.0841. The van der Waals surface area contributed by atoms with Crippen molar-refractivity contribution in [3.05, 3.63) is 35.9 Å². The van der Waals surface area contributed by atoms with Crippen LogP contribution in [0, 0.1) is 5.92 Å². The van der Waals surface area contributed by atoms with E-state index in [0.29, 0.717) is 19.6 Å². The molecule has 0 aromatic heterocycles. The minimum atomic E-state index is -0.470. The smallest absolute Gasteiger partial charge is 0.242 e. The van der Waals surface area contributed by atoms with Gasteiger partial charge in [0.05, 0.1) is 12.6 Å². The van der Waals surface area contributed by atoms with Crippen LogP contribution in [-0.4, -0.2) is 59.0 Å². The van der Waals surface area contributed by atoms with Crippen molar-refractivity contribution in [2.75, 3.05) is 26.2 Å². The fourth-order valence-electron chi connectivity index (χ4n) is 2.80. The SMILES string of the molecule is CC(=O)N(CCc1ccccc1)CC(=O)N1CCC(C)C(O)C1. The maximum atomic E-state index is 12.4. The van der Waals surface area contributed by atoms with Gasteiger partial charge in [-0.3, -0.25) is 9.59 Å². The van der Waals surface area contributed by atoms with Gasteiger partial charge >= 0.3 is 0 Å². The fraction of sp³-hybridized carbons (Fsp3) is 0.556. The molecule has 1 aromatic rings. The first-order valence-electron chi connectivity index (χ1n) is 8.22. The number of carbonyl (C=O) groups is 2. The molecule has 126 valence electrons. The molecule has 23 heavy (non-hydrogen) atoms. The van der Waals surface area contributed by atoms with Crippen LogP contribution in [-0.2, 0) is 16.0 Å². The van der Waals surface area contributed by atoms with E-state index in [1.807, 2.05) is 37.3 Å². The minimum Gasteiger partial charge on any atom is -0.391 e. The van der Waals surface area contributed by atoms with Crippen LogP contribution in [0.25, 0.3) is 0 Å². The van der Waals surface area contributed by atoms with E-state index >= 15 is 0 Å². The maximum Gasteiger partial charge on any atom is 0.242 e. The Kier molecular flexibility index (Phi) is 6.16. The van der Waals surface area contributed by atoms with Crippen LogP contribution in [0.1, 0.15) is 25.8 Å². The molecule has 5 heteroatoms. The third-order valence-electron chi connectivity index (χ3n) is 4.56. The summed E-state index contributed by atoms with van der Waals surface area (Å²) in [6.45, 7) is 5.12. The predicted octanol–water partition coefficient (Wildman–Crippen LogP) is 1.31. The highest BCUT2D eigenvalue weighted by Gasteiger charge is 2.28. The van der Waals surface area contributed by atoms with Crippen molar-refractivity contribution in [3.8, 4) is 0 Å². The molecule has 1 fully saturated rings. The Morgan fingerprint density at radius 3 is 2.61 bits per heavy atom. The summed E-state index contributed by atoms with van der Waals surface area (Å²) in [5, 5.41) is 9.92. The summed E-state index contributed by atoms with van der Waals surface area (Å²) in [7, 11) is 0. The quantitative estimate of drug-likeness (QED) is 0.890. The lowest BCUT2D eigenvalue weighted by atomic mass is 9.96. The molecule has 0 saturated carbocycles. The van der Waals surface area contributed by atoms with Crippen LogP contribution in [0.5, 0.6) is 0 Å². The number of benzene rings is 1. The molecule has 1 aromatic carbocycles. The Balaban J connectivity index is 1.88. The number of piperidine rings is 1. The van der Waals surface area contributed by atoms with Crippen LogP contribution < -0.4 is 0 Å². The number of nitrogens with zero attached hydrogens (tertiary/aromatic N) is 2. The summed E-state index contributed by atoms with van der Waals surface area (Å²) < 4.78 is 0. The summed E-state index contributed by atoms with van der Waals surface area (Å²) in [5.41, 5.74) is 1.15. The van der Waals surface area contributed by atoms with Gasteiger partial charge in [-0.25, -0.2) is 0 Å². The second-order valence-electron chi connectivity index (χ2n) is 6.35. The molecule has 2 amide bonds. The van der Waals surface area contributed by atoms with Crippen molar-refractivity contribution in [3.63, 3.8) is 0 Å². The number of rotatable bonds is 5. The lowest BCUT2D eigenvalue weighted by Gasteiger charge is -2.35. The molecular formula is C18H26N2O3. The lowest BCUT2D eigenvalue weighted by molar-refractivity contribution is -0.142. The highest BCUT2D eigenvalue weighted by atomic mass is 16.3. The predicted molar refractivity (Wildman–Crippen MR) is 88.8 cm³/mol. The van der Waals surface area contributed by atoms with Gasteiger partial charge in [0.2, 0.25) is 11.8 Å². The Morgan fingerprint density at radius 1 is 1.30 bits per heavy atom. The van der Waals surface area contributed by atoms with Gasteiger partial charge in [0.25, 0.3) is 0 Å². The number of amides is 2. The van der Waals surface area contributed by atoms with Gasteiger partial charge in [0.1, 0.15) is 0 Å². The second kappa shape index (κ2) is 8.11. The lowest BCUT2D eigenvalue weighted by Crippen LogP contribution is -2.50. The molecule has 0 radical (unpaired) electrons. The maximum absolute atomic E-state index is 12.4. The number of hydrogen-bond donors (Lipinski definition) is 1. The van der Waals surface area contributed by atoms with Crippen LogP contribution in [0.2, 0.25) is 0 Å². The van der Waals surface area contributed by atoms with Gasteiger partial charge in [-0.1, -0.05) is 37.3 Å². The van der Waals surface area contributed by atoms with E-state index < -0.39 is 6.10 Å². The third-order valence-corrected chi connectivity index (χ3v) is 4.56. The number of aliphatic hydroxyl groups excluding tert-OH is 1. The molecule has 1 heterocycles. The van der Waals surface area contributed by atoms with E-state index in [9.17, 15) is 14.7 Å². The van der Waals surface area contributed by atoms with E-state index in [4.69, 9.17) is 0 Å². The molecule has 1 saturated heterocycles. The Labute approximate surface area is 137 Å². The molecule has 0 bridgehead atoms. The number of aliphatic hydroxyl groups is 1. The zero-order valence-corrected chi connectivity index (χ0v) is 13.9. The molecule has 2 atom stereocenters. The number of hydrogen-bond acceptors (Lipinski definition) is 3. The molecule has 0 spiro atoms. The monoisotopic (exact) mass is 318 g/mol. The topological polar surface area (TPSA) is 60.9 Å². The van der Waals surface area contributed by atoms with E-state index in [1.54, 1.807) is 9.80 Å². The van der Waals surface area contributed by atoms with Gasteiger partial charge in [0.15, 0.2) is 0 Å². The van der Waals surface area contributed by atoms with Gasteiger partial charge < -0.3 is 14.9 Å². The first-order chi connectivity index (χ1) is 11.0. The van der Waals surface area contributed by atoms with Crippen molar-refractivity contribution in [1.82, 2.24) is 9.80 Å². The number of likely N-dealkylation sites (tertiary alicyclic amines) is 1. The summed E-state index contributed by atoms with van der Waals surface area (Å²) in [5.74, 6) is 0.0421. The summed E-state index contributed by atoms with van der Waals surface area (Å²) in [6.07, 6.45) is 1.06. The molecule has 1 aliphatic heterocycles. The zero-order valence-electron chi connectivity index (χ0n) is 13.9. The van der Waals surface area contributed by atoms with E-state index in [1.165, 1.54) is 6.92 Å². The molecule has 1 N–H and O–H groups in total. The van der Waals surface area contributed by atoms with Crippen LogP contribution >= 0.6 is 0 Å². The van der Waals surface area contributed by atoms with Crippen molar-refractivity contribution < 1.29 is 14.7 Å². The van der Waals surface area contributed by atoms with E-state index in [-0.39, 0.29) is 24.3 Å². The first kappa shape index (κ1) is 17.5. The molecule has 1 aliphatic rings. The van der Waals surface area contributed by atoms with Gasteiger partial charge in [0, 0.05) is 26.6 Å². The van der Waals surface area contributed by atoms with Crippen molar-refractivity contribution in [2.45, 2.75) is 32.8 Å². The standard InChI is InChI=1S/C18H26N2O3/c1-14-8-10-20(12-17(14)22)18(23)13-19(15(2)21)11-9-16-6-4-3-5-7-16/h3-7,14,17,22H,8-13H2,1-2H3. The van der Waals surface area contributed by atoms with Crippen molar-refractivity contribution in [1.29, 1.82) is 0 Å². The van der Waals surface area contributed by atoms with Crippen molar-refractivity contribution >= 4 is 11.8 Å². The summed E-state index contributed by atoms with van der Waals surface area (Å²) in [4.78, 5) is 27.5. The van der Waals surface area contributed by atoms with E-state index in [0.717, 1.165) is 18.4 Å². The number of β-amino-alcohol motifs (C(OH)–C–C–N with tert-alkyl or cyclic N) is 1. The number of carbonyl (C=O) groups excluding carboxylic acids is 2. The largest absolute Gasteiger partial charge is 0.391 e. The molecule has 2 unspecified atom stereocenters. The first-order valence-corrected chi connectivity index (χ1v) is 8.22. The Bertz CT molecular complexity index is 532. The molecule has 0 aliphatic carbocycles. The van der Waals surface area contributed by atoms with Gasteiger partial charge in [-0.05, 0) is 24.3 Å². The van der Waals surface area contributed by atoms with Crippen LogP contribution in [0.3, 0.4) is 0 Å². The Hall–Kier alpha value is -1.88. The van der Waals surface area contributed by atoms with Crippen LogP contribution in [0.15, 0.2) is 30.3 Å². The fourth-order valence-corrected chi connectivity index (χ4v) is 2.80. The van der Waals surface area contributed by atoms with Gasteiger partial charge in [-0.15, -0.1) is 0 Å². The normalized spacial score (nSPS) is 21.1. The average molecular weight is 318 g/mol. The third kappa shape index (κ3) is 5.06. The highest BCUT2D eigenvalue weighted by molar-refractivity contribution is 5.84. The van der Waals surface area contributed by atoms with Crippen molar-refractivity contribution in [2.24, 2.45) is 5.92 Å². The highest BCUT2D eigenvalue weighted by Crippen LogP contribution is 2.17. The molecule has 5 nitrogen and oxygen atoms in total. The average Bonchev–Trinajstić information content (AvgIpc) is 2.54. The summed E-state index contributed by atoms with van der Waals surface area (Å²) >= 11 is 0. The summed E-state index contributed by atoms with van der Waals surface area (Å²) in [6, 6.07) is 9.92. The van der Waals surface area contributed by atoms with E-state index in [2.05, 4.69) is 0 Å². The Morgan fingerprint density at radius 2 is 2.00 bits per heavy atom. The van der Waals surface area contributed by atoms with Gasteiger partial charge in [-0.2, -0.15) is 0 Å².